The Morgan fingerprint density at radius 3 is 2.62 bits per heavy atom. The van der Waals surface area contributed by atoms with Gasteiger partial charge in [-0.15, -0.1) is 0 Å². The Balaban J connectivity index is 3.41. The molecule has 4 nitrogen and oxygen atoms in total. The minimum absolute atomic E-state index is 0.130. The molecule has 68 valence electrons. The highest BCUT2D eigenvalue weighted by Crippen LogP contribution is 2.26. The smallest absolute Gasteiger partial charge is 0.274 e. The SMILES string of the molecule is Cc1c(Cl)cc(C=O)cc1[N+](=O)[O-]. The molecule has 0 N–H and O–H groups in total. The number of carbonyl (C=O) groups excluding carboxylic acids is 1. The van der Waals surface area contributed by atoms with E-state index in [-0.39, 0.29) is 16.3 Å². The van der Waals surface area contributed by atoms with E-state index in [2.05, 4.69) is 0 Å². The Morgan fingerprint density at radius 1 is 1.54 bits per heavy atom. The van der Waals surface area contributed by atoms with E-state index < -0.39 is 4.92 Å². The summed E-state index contributed by atoms with van der Waals surface area (Å²) < 4.78 is 0. The molecule has 0 aromatic heterocycles. The van der Waals surface area contributed by atoms with E-state index >= 15 is 0 Å². The van der Waals surface area contributed by atoms with Crippen LogP contribution < -0.4 is 0 Å². The second-order valence-corrected chi connectivity index (χ2v) is 2.93. The zero-order valence-electron chi connectivity index (χ0n) is 6.78. The molecular weight excluding hydrogens is 194 g/mol. The second kappa shape index (κ2) is 3.53. The number of carbonyl (C=O) groups is 1. The fourth-order valence-electron chi connectivity index (χ4n) is 0.942. The summed E-state index contributed by atoms with van der Waals surface area (Å²) in [4.78, 5) is 20.3. The Morgan fingerprint density at radius 2 is 2.15 bits per heavy atom. The number of nitro benzene ring substituents is 1. The highest BCUT2D eigenvalue weighted by Gasteiger charge is 2.14. The number of benzene rings is 1. The highest BCUT2D eigenvalue weighted by molar-refractivity contribution is 6.31. The molecule has 0 aliphatic heterocycles. The van der Waals surface area contributed by atoms with Crippen molar-refractivity contribution < 1.29 is 9.72 Å². The van der Waals surface area contributed by atoms with Gasteiger partial charge in [-0.25, -0.2) is 0 Å². The average Bonchev–Trinajstić information content (AvgIpc) is 2.09. The molecule has 0 bridgehead atoms. The predicted octanol–water partition coefficient (Wildman–Crippen LogP) is 2.37. The minimum Gasteiger partial charge on any atom is -0.298 e. The first-order valence-electron chi connectivity index (χ1n) is 3.46. The van der Waals surface area contributed by atoms with Crippen LogP contribution in [0.5, 0.6) is 0 Å². The summed E-state index contributed by atoms with van der Waals surface area (Å²) in [5.41, 5.74) is 0.453. The van der Waals surface area contributed by atoms with E-state index in [1.807, 2.05) is 0 Å². The fraction of sp³-hybridized carbons (Fsp3) is 0.125. The van der Waals surface area contributed by atoms with Crippen LogP contribution in [0.1, 0.15) is 15.9 Å². The molecule has 13 heavy (non-hydrogen) atoms. The molecule has 0 heterocycles. The van der Waals surface area contributed by atoms with Gasteiger partial charge in [0.2, 0.25) is 0 Å². The molecule has 0 aliphatic rings. The van der Waals surface area contributed by atoms with Gasteiger partial charge in [0.1, 0.15) is 6.29 Å². The first-order valence-corrected chi connectivity index (χ1v) is 3.83. The van der Waals surface area contributed by atoms with Crippen molar-refractivity contribution in [2.45, 2.75) is 6.92 Å². The lowest BCUT2D eigenvalue weighted by Gasteiger charge is -2.00. The number of hydrogen-bond donors (Lipinski definition) is 0. The molecule has 0 fully saturated rings. The molecule has 0 aliphatic carbocycles. The molecule has 0 saturated heterocycles. The van der Waals surface area contributed by atoms with Gasteiger partial charge in [-0.2, -0.15) is 0 Å². The number of halogens is 1. The summed E-state index contributed by atoms with van der Waals surface area (Å²) >= 11 is 5.68. The number of nitro groups is 1. The number of aldehydes is 1. The van der Waals surface area contributed by atoms with E-state index in [9.17, 15) is 14.9 Å². The Labute approximate surface area is 79.3 Å². The van der Waals surface area contributed by atoms with E-state index in [0.29, 0.717) is 11.8 Å². The maximum atomic E-state index is 10.5. The molecule has 1 aromatic rings. The molecule has 0 unspecified atom stereocenters. The summed E-state index contributed by atoms with van der Waals surface area (Å²) in [7, 11) is 0. The van der Waals surface area contributed by atoms with Crippen molar-refractivity contribution in [1.82, 2.24) is 0 Å². The maximum Gasteiger partial charge on any atom is 0.274 e. The molecule has 0 radical (unpaired) electrons. The Hall–Kier alpha value is -1.42. The third kappa shape index (κ3) is 1.84. The normalized spacial score (nSPS) is 9.69. The lowest BCUT2D eigenvalue weighted by atomic mass is 10.1. The zero-order valence-corrected chi connectivity index (χ0v) is 7.54. The van der Waals surface area contributed by atoms with Crippen molar-refractivity contribution in [2.24, 2.45) is 0 Å². The number of rotatable bonds is 2. The van der Waals surface area contributed by atoms with Crippen LogP contribution in [0, 0.1) is 17.0 Å². The predicted molar refractivity (Wildman–Crippen MR) is 48.2 cm³/mol. The average molecular weight is 200 g/mol. The molecule has 0 atom stereocenters. The Kier molecular flexibility index (Phi) is 2.63. The lowest BCUT2D eigenvalue weighted by Crippen LogP contribution is -1.94. The molecule has 1 aromatic carbocycles. The third-order valence-corrected chi connectivity index (χ3v) is 2.06. The van der Waals surface area contributed by atoms with Crippen molar-refractivity contribution in [3.8, 4) is 0 Å². The number of nitrogens with zero attached hydrogens (tertiary/aromatic N) is 1. The second-order valence-electron chi connectivity index (χ2n) is 2.52. The largest absolute Gasteiger partial charge is 0.298 e. The summed E-state index contributed by atoms with van der Waals surface area (Å²) in [6, 6.07) is 2.60. The van der Waals surface area contributed by atoms with E-state index in [4.69, 9.17) is 11.6 Å². The summed E-state index contributed by atoms with van der Waals surface area (Å²) in [6.45, 7) is 1.54. The number of hydrogen-bond acceptors (Lipinski definition) is 3. The maximum absolute atomic E-state index is 10.5. The van der Waals surface area contributed by atoms with Gasteiger partial charge in [0.15, 0.2) is 0 Å². The summed E-state index contributed by atoms with van der Waals surface area (Å²) in [6.07, 6.45) is 0.526. The van der Waals surface area contributed by atoms with Crippen LogP contribution in [-0.2, 0) is 0 Å². The molecular formula is C8H6ClNO3. The van der Waals surface area contributed by atoms with Crippen LogP contribution in [0.4, 0.5) is 5.69 Å². The van der Waals surface area contributed by atoms with Gasteiger partial charge in [-0.05, 0) is 13.0 Å². The topological polar surface area (TPSA) is 60.2 Å². The minimum atomic E-state index is -0.561. The lowest BCUT2D eigenvalue weighted by molar-refractivity contribution is -0.385. The van der Waals surface area contributed by atoms with Crippen LogP contribution in [0.3, 0.4) is 0 Å². The molecule has 0 spiro atoms. The van der Waals surface area contributed by atoms with Gasteiger partial charge in [-0.1, -0.05) is 11.6 Å². The monoisotopic (exact) mass is 199 g/mol. The molecule has 1 rings (SSSR count). The van der Waals surface area contributed by atoms with Crippen molar-refractivity contribution in [3.63, 3.8) is 0 Å². The van der Waals surface area contributed by atoms with Gasteiger partial charge in [0.05, 0.1) is 9.95 Å². The van der Waals surface area contributed by atoms with Crippen LogP contribution in [0.25, 0.3) is 0 Å². The fourth-order valence-corrected chi connectivity index (χ4v) is 1.17. The van der Waals surface area contributed by atoms with E-state index in [1.54, 1.807) is 0 Å². The quantitative estimate of drug-likeness (QED) is 0.417. The van der Waals surface area contributed by atoms with Crippen molar-refractivity contribution >= 4 is 23.6 Å². The molecule has 0 amide bonds. The van der Waals surface area contributed by atoms with Gasteiger partial charge in [0.25, 0.3) is 5.69 Å². The van der Waals surface area contributed by atoms with Crippen molar-refractivity contribution in [3.05, 3.63) is 38.4 Å². The summed E-state index contributed by atoms with van der Waals surface area (Å²) in [5.74, 6) is 0. The molecule has 0 saturated carbocycles. The van der Waals surface area contributed by atoms with Gasteiger partial charge >= 0.3 is 0 Å². The first-order chi connectivity index (χ1) is 6.06. The van der Waals surface area contributed by atoms with Gasteiger partial charge in [-0.3, -0.25) is 14.9 Å². The van der Waals surface area contributed by atoms with E-state index in [0.717, 1.165) is 0 Å². The van der Waals surface area contributed by atoms with E-state index in [1.165, 1.54) is 19.1 Å². The third-order valence-electron chi connectivity index (χ3n) is 1.67. The first kappa shape index (κ1) is 9.67. The zero-order chi connectivity index (χ0) is 10.0. The summed E-state index contributed by atoms with van der Waals surface area (Å²) in [5, 5.41) is 10.7. The van der Waals surface area contributed by atoms with Crippen molar-refractivity contribution in [2.75, 3.05) is 0 Å². The van der Waals surface area contributed by atoms with Crippen LogP contribution >= 0.6 is 11.6 Å². The van der Waals surface area contributed by atoms with Crippen LogP contribution in [0.15, 0.2) is 12.1 Å². The van der Waals surface area contributed by atoms with Crippen LogP contribution in [-0.4, -0.2) is 11.2 Å². The highest BCUT2D eigenvalue weighted by atomic mass is 35.5. The van der Waals surface area contributed by atoms with Gasteiger partial charge < -0.3 is 0 Å². The standard InChI is InChI=1S/C8H6ClNO3/c1-5-7(9)2-6(4-11)3-8(5)10(12)13/h2-4H,1H3. The van der Waals surface area contributed by atoms with Crippen molar-refractivity contribution in [1.29, 1.82) is 0 Å². The van der Waals surface area contributed by atoms with Gasteiger partial charge in [0, 0.05) is 17.2 Å². The Bertz CT molecular complexity index is 376. The van der Waals surface area contributed by atoms with Crippen LogP contribution in [0.2, 0.25) is 5.02 Å². The molecule has 5 heteroatoms.